The first kappa shape index (κ1) is 93.0. The summed E-state index contributed by atoms with van der Waals surface area (Å²) in [6, 6.07) is 8.74. The van der Waals surface area contributed by atoms with Gasteiger partial charge in [-0.2, -0.15) is 10.2 Å². The first-order valence-electron chi connectivity index (χ1n) is 34.9. The van der Waals surface area contributed by atoms with Gasteiger partial charge in [0.25, 0.3) is 0 Å². The third-order valence-electron chi connectivity index (χ3n) is 16.2. The second kappa shape index (κ2) is 47.1. The number of nitrogens with one attached hydrogen (secondary N) is 1. The Bertz CT molecular complexity index is 2630. The van der Waals surface area contributed by atoms with Crippen LogP contribution in [0.2, 0.25) is 0 Å². The molecule has 0 spiro atoms. The fraction of sp³-hybridized carbons (Fsp3) is 0.744. The van der Waals surface area contributed by atoms with Crippen molar-refractivity contribution in [1.82, 2.24) is 24.8 Å². The smallest absolute Gasteiger partial charge is 0.248 e. The molecule has 96 heavy (non-hydrogen) atoms. The number of ether oxygens (including phenoxy) is 6. The van der Waals surface area contributed by atoms with Crippen LogP contribution in [0, 0.1) is 63.6 Å². The Hall–Kier alpha value is -5.08. The minimum absolute atomic E-state index is 0.0470. The van der Waals surface area contributed by atoms with Gasteiger partial charge >= 0.3 is 0 Å². The standard InChI is InChI=1S/C13H19NO2.C12H18N2O2.C12H17NO3.C12H27N.C11H18N2O2.C9H18O.C9H20O/c1-10-5-6-11(7-14-10)8-16-9-12(15)13(2,3)4;1-9-13-5-10(6-14-9)7-16-8-11(15)12(2,3)4;1-12(2,3)10(14)8-16-7-9-5-4-6-11(15)13-9;1-7-13(8-2)10-9-11(3)12(4,5)6;1-11(2,3)10(14)8-15-7-5-9-4-6-12-13-9;1-9(2,3)7-8-5-4-6-10-8;1-8(6-7-10-5)9(2,3)4/h5-7H,8-9H2,1-4H3;5-6H,7-8H2,1-4H3;4-6H,7-8H2,1-3H3,(H,13,15);11H,7-10H2,1-6H3;6H,4-5,7-8H2,1-3H3;8H,4-7H2,1-3H3;8H,6-7H2,1-5H3. The van der Waals surface area contributed by atoms with Gasteiger partial charge in [-0.1, -0.05) is 185 Å². The molecule has 0 aliphatic carbocycles. The van der Waals surface area contributed by atoms with Crippen molar-refractivity contribution in [2.75, 3.05) is 73.0 Å². The molecule has 2 aliphatic rings. The van der Waals surface area contributed by atoms with Crippen molar-refractivity contribution in [3.05, 3.63) is 87.6 Å². The molecule has 3 aromatic rings. The number of rotatable bonds is 26. The summed E-state index contributed by atoms with van der Waals surface area (Å²) in [4.78, 5) is 74.5. The van der Waals surface area contributed by atoms with Crippen molar-refractivity contribution in [2.24, 2.45) is 59.9 Å². The van der Waals surface area contributed by atoms with E-state index in [0.29, 0.717) is 47.9 Å². The van der Waals surface area contributed by atoms with E-state index in [-0.39, 0.29) is 83.4 Å². The lowest BCUT2D eigenvalue weighted by Crippen LogP contribution is -2.28. The van der Waals surface area contributed by atoms with Gasteiger partial charge in [0.2, 0.25) is 5.56 Å². The molecular formula is C78H137N7O11. The van der Waals surface area contributed by atoms with Crippen LogP contribution in [0.1, 0.15) is 246 Å². The molecule has 5 heterocycles. The number of hydrogen-bond acceptors (Lipinski definition) is 17. The van der Waals surface area contributed by atoms with Crippen LogP contribution in [0.25, 0.3) is 0 Å². The van der Waals surface area contributed by atoms with Gasteiger partial charge in [-0.25, -0.2) is 9.97 Å². The van der Waals surface area contributed by atoms with Crippen LogP contribution in [-0.2, 0) is 67.4 Å². The van der Waals surface area contributed by atoms with Gasteiger partial charge in [-0.15, -0.1) is 0 Å². The zero-order valence-electron chi connectivity index (χ0n) is 65.7. The van der Waals surface area contributed by atoms with E-state index in [2.05, 4.69) is 125 Å². The molecule has 0 aromatic carbocycles. The molecule has 0 amide bonds. The predicted octanol–water partition coefficient (Wildman–Crippen LogP) is 16.5. The molecular weight excluding hydrogens is 1210 g/mol. The van der Waals surface area contributed by atoms with E-state index in [1.54, 1.807) is 44.0 Å². The zero-order chi connectivity index (χ0) is 74.2. The Balaban J connectivity index is 0. The monoisotopic (exact) mass is 1350 g/mol. The summed E-state index contributed by atoms with van der Waals surface area (Å²) in [5.41, 5.74) is 4.36. The first-order valence-corrected chi connectivity index (χ1v) is 34.9. The Morgan fingerprint density at radius 2 is 1.07 bits per heavy atom. The summed E-state index contributed by atoms with van der Waals surface area (Å²) in [7, 11) is 1.76. The van der Waals surface area contributed by atoms with Gasteiger partial charge in [-0.05, 0) is 111 Å². The highest BCUT2D eigenvalue weighted by Crippen LogP contribution is 2.30. The van der Waals surface area contributed by atoms with E-state index < -0.39 is 0 Å². The molecule has 2 aliphatic heterocycles. The first-order chi connectivity index (χ1) is 44.2. The maximum atomic E-state index is 11.6. The Labute approximate surface area is 583 Å². The number of Topliss-reactive ketones (excluding diaryl/α,β-unsaturated/α-hetero) is 4. The highest BCUT2D eigenvalue weighted by atomic mass is 16.5. The number of hydrogen-bond donors (Lipinski definition) is 1. The average molecular weight is 1350 g/mol. The van der Waals surface area contributed by atoms with Crippen LogP contribution in [-0.4, -0.2) is 139 Å². The lowest BCUT2D eigenvalue weighted by Gasteiger charge is -2.29. The highest BCUT2D eigenvalue weighted by molar-refractivity contribution is 5.98. The van der Waals surface area contributed by atoms with Crippen LogP contribution in [0.3, 0.4) is 0 Å². The van der Waals surface area contributed by atoms with Gasteiger partial charge < -0.3 is 38.3 Å². The second-order valence-corrected chi connectivity index (χ2v) is 32.7. The number of aromatic nitrogens is 4. The summed E-state index contributed by atoms with van der Waals surface area (Å²) in [6.07, 6.45) is 15.4. The fourth-order valence-electron chi connectivity index (χ4n) is 7.68. The van der Waals surface area contributed by atoms with E-state index in [4.69, 9.17) is 28.4 Å². The number of aromatic amines is 1. The number of H-pyrrole nitrogens is 1. The van der Waals surface area contributed by atoms with Crippen LogP contribution < -0.4 is 5.56 Å². The minimum atomic E-state index is -0.385. The molecule has 0 radical (unpaired) electrons. The third kappa shape index (κ3) is 49.4. The summed E-state index contributed by atoms with van der Waals surface area (Å²) < 4.78 is 31.8. The Morgan fingerprint density at radius 3 is 1.47 bits per heavy atom. The number of nitrogens with zero attached hydrogens (tertiary/aromatic N) is 6. The minimum Gasteiger partial charge on any atom is -0.385 e. The maximum Gasteiger partial charge on any atom is 0.248 e. The summed E-state index contributed by atoms with van der Waals surface area (Å²) in [5.74, 6) is 2.68. The molecule has 3 aromatic heterocycles. The molecule has 1 saturated heterocycles. The Kier molecular flexibility index (Phi) is 45.6. The van der Waals surface area contributed by atoms with E-state index in [0.717, 1.165) is 66.2 Å². The molecule has 3 unspecified atom stereocenters. The molecule has 18 nitrogen and oxygen atoms in total. The van der Waals surface area contributed by atoms with Crippen molar-refractivity contribution in [3.63, 3.8) is 0 Å². The van der Waals surface area contributed by atoms with Crippen LogP contribution >= 0.6 is 0 Å². The summed E-state index contributed by atoms with van der Waals surface area (Å²) >= 11 is 0. The number of pyridine rings is 2. The quantitative estimate of drug-likeness (QED) is 0.0738. The van der Waals surface area contributed by atoms with Gasteiger partial charge in [-0.3, -0.25) is 29.0 Å². The number of carbonyl (C=O) groups excluding carboxylic acids is 4. The van der Waals surface area contributed by atoms with Gasteiger partial charge in [0.05, 0.1) is 32.5 Å². The van der Waals surface area contributed by atoms with Gasteiger partial charge in [0, 0.05) is 108 Å². The number of carbonyl (C=O) groups is 4. The van der Waals surface area contributed by atoms with Crippen molar-refractivity contribution >= 4 is 35.1 Å². The van der Waals surface area contributed by atoms with E-state index in [1.165, 1.54) is 57.8 Å². The van der Waals surface area contributed by atoms with E-state index in [1.807, 2.05) is 109 Å². The van der Waals surface area contributed by atoms with Gasteiger partial charge in [0.1, 0.15) is 32.3 Å². The van der Waals surface area contributed by atoms with Crippen molar-refractivity contribution in [3.8, 4) is 0 Å². The van der Waals surface area contributed by atoms with Crippen LogP contribution in [0.4, 0.5) is 0 Å². The second-order valence-electron chi connectivity index (χ2n) is 32.7. The molecule has 1 fully saturated rings. The highest BCUT2D eigenvalue weighted by Gasteiger charge is 2.26. The predicted molar refractivity (Wildman–Crippen MR) is 395 cm³/mol. The third-order valence-corrected chi connectivity index (χ3v) is 16.2. The molecule has 0 saturated carbocycles. The molecule has 3 atom stereocenters. The van der Waals surface area contributed by atoms with Crippen LogP contribution in [0.15, 0.2) is 63.9 Å². The lowest BCUT2D eigenvalue weighted by molar-refractivity contribution is -0.132. The number of aryl methyl sites for hydroxylation is 2. The van der Waals surface area contributed by atoms with E-state index in [9.17, 15) is 24.0 Å². The fourth-order valence-corrected chi connectivity index (χ4v) is 7.68. The molecule has 18 heteroatoms. The van der Waals surface area contributed by atoms with Crippen molar-refractivity contribution < 1.29 is 47.6 Å². The summed E-state index contributed by atoms with van der Waals surface area (Å²) in [6.45, 7) is 63.8. The number of methoxy groups -OCH3 is 1. The average Bonchev–Trinajstić information content (AvgIpc) is 3.49. The topological polar surface area (TPSA) is 223 Å². The SMILES string of the molecule is CC(C)(C)C(=O)COCCC1=NN=CC1.CC(C)(C)C(=O)COCc1cccc(=O)[nH]1.CC(C)(C)CC1CCCO1.CCN(CC)CCC(C)C(C)(C)C.COCCC(C)C(C)(C)C.Cc1ccc(COCC(=O)C(C)(C)C)cn1.Cc1ncc(COCC(=O)C(C)(C)C)cn1. The van der Waals surface area contributed by atoms with Crippen molar-refractivity contribution in [2.45, 2.75) is 258 Å². The molecule has 1 N–H and O–H groups in total. The van der Waals surface area contributed by atoms with E-state index >= 15 is 0 Å². The van der Waals surface area contributed by atoms with Crippen molar-refractivity contribution in [1.29, 1.82) is 0 Å². The largest absolute Gasteiger partial charge is 0.385 e. The lowest BCUT2D eigenvalue weighted by atomic mass is 9.80. The van der Waals surface area contributed by atoms with Gasteiger partial charge in [0.15, 0.2) is 23.1 Å². The molecule has 0 bridgehead atoms. The Morgan fingerprint density at radius 1 is 0.604 bits per heavy atom. The molecule has 5 rings (SSSR count). The molecule has 550 valence electrons. The van der Waals surface area contributed by atoms with Crippen LogP contribution in [0.5, 0.6) is 0 Å². The summed E-state index contributed by atoms with van der Waals surface area (Å²) in [5, 5.41) is 7.68. The normalized spacial score (nSPS) is 14.6. The number of ketones is 4. The maximum absolute atomic E-state index is 11.6. The zero-order valence-corrected chi connectivity index (χ0v) is 65.7.